The van der Waals surface area contributed by atoms with Crippen LogP contribution >= 0.6 is 11.8 Å². The average molecular weight is 523 g/mol. The van der Waals surface area contributed by atoms with Crippen molar-refractivity contribution in [1.82, 2.24) is 4.90 Å². The van der Waals surface area contributed by atoms with Crippen LogP contribution in [0.5, 0.6) is 0 Å². The van der Waals surface area contributed by atoms with Crippen LogP contribution in [0.25, 0.3) is 11.3 Å². The van der Waals surface area contributed by atoms with Gasteiger partial charge in [0.1, 0.15) is 11.5 Å². The van der Waals surface area contributed by atoms with Crippen LogP contribution in [0.3, 0.4) is 0 Å². The number of amides is 1. The van der Waals surface area contributed by atoms with Crippen LogP contribution in [0, 0.1) is 6.92 Å². The third-order valence-corrected chi connectivity index (χ3v) is 9.28. The fraction of sp³-hybridized carbons (Fsp3) is 0.227. The summed E-state index contributed by atoms with van der Waals surface area (Å²) in [5.74, 6) is 0.487. The first-order valence-electron chi connectivity index (χ1n) is 10.1. The van der Waals surface area contributed by atoms with Crippen LogP contribution < -0.4 is 5.14 Å². The van der Waals surface area contributed by atoms with Gasteiger partial charge in [-0.05, 0) is 48.9 Å². The van der Waals surface area contributed by atoms with E-state index in [1.807, 2.05) is 31.2 Å². The van der Waals surface area contributed by atoms with Gasteiger partial charge in [-0.2, -0.15) is 8.42 Å². The summed E-state index contributed by atoms with van der Waals surface area (Å²) in [7, 11) is -8.32. The first-order chi connectivity index (χ1) is 15.9. The molecule has 0 spiro atoms. The molecule has 2 unspecified atom stereocenters. The number of furan rings is 1. The summed E-state index contributed by atoms with van der Waals surface area (Å²) in [4.78, 5) is 14.2. The number of nitrogens with two attached hydrogens (primary N) is 1. The average Bonchev–Trinajstić information content (AvgIpc) is 3.35. The van der Waals surface area contributed by atoms with Crippen LogP contribution in [0.2, 0.25) is 0 Å². The maximum Gasteiger partial charge on any atom is 0.296 e. The molecule has 9 nitrogen and oxygen atoms in total. The molecule has 0 saturated carbocycles. The molecule has 1 aliphatic heterocycles. The predicted molar refractivity (Wildman–Crippen MR) is 128 cm³/mol. The lowest BCUT2D eigenvalue weighted by Crippen LogP contribution is -2.38. The quantitative estimate of drug-likeness (QED) is 0.450. The highest BCUT2D eigenvalue weighted by molar-refractivity contribution is 8.12. The second kappa shape index (κ2) is 9.19. The molecule has 2 aromatic carbocycles. The molecule has 2 heterocycles. The largest absolute Gasteiger partial charge is 0.461 e. The molecule has 0 aliphatic carbocycles. The molecule has 1 aliphatic rings. The van der Waals surface area contributed by atoms with Gasteiger partial charge in [-0.15, -0.1) is 11.8 Å². The van der Waals surface area contributed by atoms with Gasteiger partial charge in [0, 0.05) is 18.5 Å². The molecule has 0 bridgehead atoms. The molecule has 180 valence electrons. The minimum atomic E-state index is -4.51. The fourth-order valence-electron chi connectivity index (χ4n) is 3.60. The van der Waals surface area contributed by atoms with E-state index in [9.17, 15) is 26.2 Å². The Hall–Kier alpha value is -2.64. The number of rotatable bonds is 7. The number of thioether (sulfide) groups is 1. The smallest absolute Gasteiger partial charge is 0.296 e. The van der Waals surface area contributed by atoms with Crippen molar-refractivity contribution in [3.05, 3.63) is 77.6 Å². The minimum absolute atomic E-state index is 0.0269. The van der Waals surface area contributed by atoms with Gasteiger partial charge in [0.05, 0.1) is 10.1 Å². The van der Waals surface area contributed by atoms with Gasteiger partial charge in [0.2, 0.25) is 20.6 Å². The number of nitrogens with zero attached hydrogens (tertiary/aromatic N) is 1. The van der Waals surface area contributed by atoms with Crippen molar-refractivity contribution in [3.8, 4) is 11.3 Å². The van der Waals surface area contributed by atoms with Crippen LogP contribution in [0.4, 0.5) is 0 Å². The highest BCUT2D eigenvalue weighted by Gasteiger charge is 2.46. The molecule has 2 atom stereocenters. The second-order valence-electron chi connectivity index (χ2n) is 7.94. The first kappa shape index (κ1) is 24.5. The summed E-state index contributed by atoms with van der Waals surface area (Å²) < 4.78 is 60.9. The molecular formula is C22H22N2O7S3. The number of carbonyl (C=O) groups excluding carboxylic acids is 1. The number of hydrogen-bond acceptors (Lipinski definition) is 7. The summed E-state index contributed by atoms with van der Waals surface area (Å²) in [5.41, 5.74) is 2.39. The van der Waals surface area contributed by atoms with Gasteiger partial charge in [-0.1, -0.05) is 29.8 Å². The van der Waals surface area contributed by atoms with Gasteiger partial charge in [0.15, 0.2) is 0 Å². The first-order valence-corrected chi connectivity index (χ1v) is 14.1. The summed E-state index contributed by atoms with van der Waals surface area (Å²) in [6, 6.07) is 16.5. The summed E-state index contributed by atoms with van der Waals surface area (Å²) in [5, 5.41) is 4.35. The van der Waals surface area contributed by atoms with Crippen molar-refractivity contribution in [2.75, 3.05) is 0 Å². The van der Waals surface area contributed by atoms with E-state index in [1.165, 1.54) is 12.1 Å². The zero-order chi connectivity index (χ0) is 24.7. The maximum absolute atomic E-state index is 13.1. The van der Waals surface area contributed by atoms with Crippen molar-refractivity contribution in [2.45, 2.75) is 34.7 Å². The zero-order valence-corrected chi connectivity index (χ0v) is 20.4. The molecule has 1 aromatic heterocycles. The SMILES string of the molecule is Cc1ccc(CN2C(=O)C(Cc3ccc(-c4ccc(S(N)(=O)=O)cc4)o3)SC2S(=O)(=O)O)cc1. The van der Waals surface area contributed by atoms with E-state index >= 15 is 0 Å². The highest BCUT2D eigenvalue weighted by Crippen LogP contribution is 2.38. The Balaban J connectivity index is 1.52. The van der Waals surface area contributed by atoms with Gasteiger partial charge in [0.25, 0.3) is 10.1 Å². The minimum Gasteiger partial charge on any atom is -0.461 e. The van der Waals surface area contributed by atoms with E-state index in [4.69, 9.17) is 9.56 Å². The number of hydrogen-bond donors (Lipinski definition) is 2. The Morgan fingerprint density at radius 3 is 2.24 bits per heavy atom. The number of carbonyl (C=O) groups is 1. The van der Waals surface area contributed by atoms with Crippen molar-refractivity contribution in [3.63, 3.8) is 0 Å². The Bertz CT molecular complexity index is 1410. The van der Waals surface area contributed by atoms with E-state index in [-0.39, 0.29) is 17.9 Å². The lowest BCUT2D eigenvalue weighted by Gasteiger charge is -2.21. The van der Waals surface area contributed by atoms with E-state index in [1.54, 1.807) is 24.3 Å². The molecule has 4 rings (SSSR count). The molecule has 34 heavy (non-hydrogen) atoms. The molecular weight excluding hydrogens is 500 g/mol. The monoisotopic (exact) mass is 522 g/mol. The predicted octanol–water partition coefficient (Wildman–Crippen LogP) is 2.76. The highest BCUT2D eigenvalue weighted by atomic mass is 32.3. The van der Waals surface area contributed by atoms with Crippen LogP contribution in [0.15, 0.2) is 70.0 Å². The van der Waals surface area contributed by atoms with Crippen molar-refractivity contribution < 1.29 is 30.6 Å². The van der Waals surface area contributed by atoms with Crippen LogP contribution in [0.1, 0.15) is 16.9 Å². The van der Waals surface area contributed by atoms with E-state index in [0.29, 0.717) is 17.1 Å². The molecule has 12 heteroatoms. The van der Waals surface area contributed by atoms with Crippen LogP contribution in [-0.4, -0.2) is 42.2 Å². The lowest BCUT2D eigenvalue weighted by atomic mass is 10.1. The van der Waals surface area contributed by atoms with Gasteiger partial charge >= 0.3 is 0 Å². The molecule has 1 fully saturated rings. The summed E-state index contributed by atoms with van der Waals surface area (Å²) >= 11 is 0.859. The normalized spacial score (nSPS) is 19.0. The van der Waals surface area contributed by atoms with E-state index in [0.717, 1.165) is 27.8 Å². The molecule has 3 aromatic rings. The summed E-state index contributed by atoms with van der Waals surface area (Å²) in [6.45, 7) is 1.97. The second-order valence-corrected chi connectivity index (χ2v) is 12.6. The number of aryl methyl sites for hydroxylation is 1. The molecule has 1 saturated heterocycles. The standard InChI is InChI=1S/C22H22N2O7S3/c1-14-2-4-15(5-3-14)13-24-21(25)20(32-22(24)34(28,29)30)12-17-8-11-19(31-17)16-6-9-18(10-7-16)33(23,26)27/h2-11,20,22H,12-13H2,1H3,(H2,23,26,27)(H,28,29,30). The Morgan fingerprint density at radius 2 is 1.65 bits per heavy atom. The molecule has 0 radical (unpaired) electrons. The van der Waals surface area contributed by atoms with Crippen LogP contribution in [-0.2, 0) is 37.9 Å². The van der Waals surface area contributed by atoms with E-state index in [2.05, 4.69) is 0 Å². The third kappa shape index (κ3) is 5.36. The number of benzene rings is 2. The Kier molecular flexibility index (Phi) is 6.62. The van der Waals surface area contributed by atoms with Gasteiger partial charge in [-0.3, -0.25) is 9.35 Å². The van der Waals surface area contributed by atoms with Gasteiger partial charge < -0.3 is 9.32 Å². The Labute approximate surface area is 201 Å². The Morgan fingerprint density at radius 1 is 1.00 bits per heavy atom. The topological polar surface area (TPSA) is 148 Å². The van der Waals surface area contributed by atoms with Gasteiger partial charge in [-0.25, -0.2) is 13.6 Å². The van der Waals surface area contributed by atoms with E-state index < -0.39 is 36.0 Å². The molecule has 1 amide bonds. The fourth-order valence-corrected chi connectivity index (χ4v) is 6.70. The molecule has 3 N–H and O–H groups in total. The third-order valence-electron chi connectivity index (χ3n) is 5.34. The number of primary sulfonamides is 1. The summed E-state index contributed by atoms with van der Waals surface area (Å²) in [6.07, 6.45) is 0.120. The zero-order valence-electron chi connectivity index (χ0n) is 18.0. The van der Waals surface area contributed by atoms with Crippen molar-refractivity contribution in [2.24, 2.45) is 5.14 Å². The van der Waals surface area contributed by atoms with Crippen molar-refractivity contribution in [1.29, 1.82) is 0 Å². The number of sulfonamides is 1. The lowest BCUT2D eigenvalue weighted by molar-refractivity contribution is -0.129. The maximum atomic E-state index is 13.1. The van der Waals surface area contributed by atoms with Crippen molar-refractivity contribution >= 4 is 37.8 Å².